The fraction of sp³-hybridized carbons (Fsp3) is 0.211. The average molecular weight is 320 g/mol. The lowest BCUT2D eigenvalue weighted by atomic mass is 10.1. The van der Waals surface area contributed by atoms with Crippen molar-refractivity contribution in [3.8, 4) is 11.3 Å². The molecule has 0 saturated carbocycles. The number of H-pyrrole nitrogens is 1. The van der Waals surface area contributed by atoms with Crippen molar-refractivity contribution in [3.05, 3.63) is 75.9 Å². The van der Waals surface area contributed by atoms with E-state index in [1.54, 1.807) is 6.33 Å². The molecule has 1 N–H and O–H groups in total. The van der Waals surface area contributed by atoms with Crippen molar-refractivity contribution in [1.29, 1.82) is 0 Å². The largest absolute Gasteiger partial charge is 0.323 e. The molecule has 0 bridgehead atoms. The maximum absolute atomic E-state index is 11.7. The third kappa shape index (κ3) is 3.51. The molecule has 0 saturated heterocycles. The first kappa shape index (κ1) is 15.9. The summed E-state index contributed by atoms with van der Waals surface area (Å²) >= 11 is 0. The second-order valence-corrected chi connectivity index (χ2v) is 6.03. The van der Waals surface area contributed by atoms with Crippen molar-refractivity contribution >= 4 is 6.08 Å². The van der Waals surface area contributed by atoms with Crippen molar-refractivity contribution in [3.63, 3.8) is 0 Å². The summed E-state index contributed by atoms with van der Waals surface area (Å²) in [5.41, 5.74) is 4.75. The van der Waals surface area contributed by atoms with Gasteiger partial charge in [-0.15, -0.1) is 0 Å². The van der Waals surface area contributed by atoms with Crippen molar-refractivity contribution < 1.29 is 0 Å². The summed E-state index contributed by atoms with van der Waals surface area (Å²) in [4.78, 5) is 23.4. The van der Waals surface area contributed by atoms with Crippen LogP contribution in [0.5, 0.6) is 0 Å². The normalized spacial score (nSPS) is 10.6. The zero-order valence-electron chi connectivity index (χ0n) is 14.1. The number of rotatable bonds is 4. The Balaban J connectivity index is 2.06. The summed E-state index contributed by atoms with van der Waals surface area (Å²) < 4.78 is 2.01. The first-order chi connectivity index (χ1) is 11.5. The highest BCUT2D eigenvalue weighted by atomic mass is 16.1. The van der Waals surface area contributed by atoms with E-state index in [0.717, 1.165) is 17.0 Å². The zero-order valence-corrected chi connectivity index (χ0v) is 14.1. The molecule has 0 atom stereocenters. The number of aromatic nitrogens is 4. The van der Waals surface area contributed by atoms with E-state index in [0.29, 0.717) is 18.1 Å². The van der Waals surface area contributed by atoms with Gasteiger partial charge in [-0.25, -0.2) is 9.97 Å². The Kier molecular flexibility index (Phi) is 4.42. The van der Waals surface area contributed by atoms with Crippen LogP contribution in [0.3, 0.4) is 0 Å². The molecule has 0 amide bonds. The Bertz CT molecular complexity index is 932. The monoisotopic (exact) mass is 320 g/mol. The summed E-state index contributed by atoms with van der Waals surface area (Å²) in [6.07, 6.45) is 3.89. The van der Waals surface area contributed by atoms with Crippen molar-refractivity contribution in [2.45, 2.75) is 27.3 Å². The van der Waals surface area contributed by atoms with Gasteiger partial charge in [0, 0.05) is 17.3 Å². The fourth-order valence-corrected chi connectivity index (χ4v) is 2.64. The molecule has 122 valence electrons. The Morgan fingerprint density at radius 1 is 1.25 bits per heavy atom. The summed E-state index contributed by atoms with van der Waals surface area (Å²) in [6.45, 7) is 6.40. The molecular weight excluding hydrogens is 300 g/mol. The standard InChI is InChI=1S/C19H20N4O/c1-13(2)9-16-19(15-7-5-4-6-8-15)20-12-23(16)11-17-21-14(3)10-18(24)22-17/h4-10,12H,11H2,1-3H3,(H,21,22,24). The van der Waals surface area contributed by atoms with Gasteiger partial charge in [-0.05, 0) is 26.8 Å². The van der Waals surface area contributed by atoms with E-state index in [2.05, 4.69) is 34.9 Å². The molecule has 5 heteroatoms. The van der Waals surface area contributed by atoms with Crippen LogP contribution < -0.4 is 5.56 Å². The number of imidazole rings is 1. The minimum Gasteiger partial charge on any atom is -0.323 e. The lowest BCUT2D eigenvalue weighted by Crippen LogP contribution is -2.14. The van der Waals surface area contributed by atoms with E-state index in [-0.39, 0.29) is 5.56 Å². The highest BCUT2D eigenvalue weighted by molar-refractivity contribution is 5.70. The summed E-state index contributed by atoms with van der Waals surface area (Å²) in [5.74, 6) is 0.625. The maximum Gasteiger partial charge on any atom is 0.251 e. The second-order valence-electron chi connectivity index (χ2n) is 6.03. The number of aromatic amines is 1. The molecule has 1 aromatic carbocycles. The summed E-state index contributed by atoms with van der Waals surface area (Å²) in [7, 11) is 0. The Morgan fingerprint density at radius 2 is 2.00 bits per heavy atom. The summed E-state index contributed by atoms with van der Waals surface area (Å²) in [6, 6.07) is 11.6. The minimum atomic E-state index is -0.135. The molecule has 0 unspecified atom stereocenters. The second kappa shape index (κ2) is 6.66. The molecular formula is C19H20N4O. The van der Waals surface area contributed by atoms with Crippen LogP contribution in [0.25, 0.3) is 17.3 Å². The van der Waals surface area contributed by atoms with Gasteiger partial charge in [0.15, 0.2) is 0 Å². The first-order valence-electron chi connectivity index (χ1n) is 7.85. The molecule has 0 aliphatic rings. The number of nitrogens with one attached hydrogen (secondary N) is 1. The van der Waals surface area contributed by atoms with Gasteiger partial charge in [-0.2, -0.15) is 0 Å². The van der Waals surface area contributed by atoms with E-state index < -0.39 is 0 Å². The molecule has 3 aromatic rings. The van der Waals surface area contributed by atoms with Crippen LogP contribution in [-0.4, -0.2) is 19.5 Å². The van der Waals surface area contributed by atoms with E-state index in [1.165, 1.54) is 11.6 Å². The number of allylic oxidation sites excluding steroid dienone is 1. The Morgan fingerprint density at radius 3 is 2.67 bits per heavy atom. The third-order valence-corrected chi connectivity index (χ3v) is 3.59. The number of aryl methyl sites for hydroxylation is 1. The van der Waals surface area contributed by atoms with Crippen LogP contribution in [-0.2, 0) is 6.54 Å². The number of hydrogen-bond donors (Lipinski definition) is 1. The van der Waals surface area contributed by atoms with Crippen LogP contribution >= 0.6 is 0 Å². The van der Waals surface area contributed by atoms with Gasteiger partial charge in [0.25, 0.3) is 5.56 Å². The van der Waals surface area contributed by atoms with Crippen LogP contribution in [0.1, 0.15) is 31.1 Å². The summed E-state index contributed by atoms with van der Waals surface area (Å²) in [5, 5.41) is 0. The molecule has 2 heterocycles. The van der Waals surface area contributed by atoms with Crippen molar-refractivity contribution in [1.82, 2.24) is 19.5 Å². The number of benzene rings is 1. The van der Waals surface area contributed by atoms with Gasteiger partial charge >= 0.3 is 0 Å². The van der Waals surface area contributed by atoms with Gasteiger partial charge < -0.3 is 9.55 Å². The van der Waals surface area contributed by atoms with Crippen LogP contribution in [0.15, 0.2) is 53.1 Å². The molecule has 0 radical (unpaired) electrons. The Labute approximate surface area is 140 Å². The third-order valence-electron chi connectivity index (χ3n) is 3.59. The minimum absolute atomic E-state index is 0.135. The highest BCUT2D eigenvalue weighted by Crippen LogP contribution is 2.24. The smallest absolute Gasteiger partial charge is 0.251 e. The topological polar surface area (TPSA) is 63.6 Å². The van der Waals surface area contributed by atoms with Crippen molar-refractivity contribution in [2.75, 3.05) is 0 Å². The molecule has 0 spiro atoms. The lowest BCUT2D eigenvalue weighted by Gasteiger charge is -2.08. The van der Waals surface area contributed by atoms with Gasteiger partial charge in [0.05, 0.1) is 24.3 Å². The molecule has 24 heavy (non-hydrogen) atoms. The molecule has 2 aromatic heterocycles. The van der Waals surface area contributed by atoms with E-state index in [1.807, 2.05) is 41.8 Å². The number of hydrogen-bond acceptors (Lipinski definition) is 3. The SMILES string of the molecule is CC(C)=Cc1c(-c2ccccc2)ncn1Cc1nc(C)cc(=O)[nH]1. The fourth-order valence-electron chi connectivity index (χ4n) is 2.64. The zero-order chi connectivity index (χ0) is 17.1. The van der Waals surface area contributed by atoms with E-state index in [4.69, 9.17) is 0 Å². The highest BCUT2D eigenvalue weighted by Gasteiger charge is 2.12. The molecule has 5 nitrogen and oxygen atoms in total. The van der Waals surface area contributed by atoms with Gasteiger partial charge in [-0.1, -0.05) is 35.9 Å². The molecule has 0 aliphatic carbocycles. The van der Waals surface area contributed by atoms with Crippen LogP contribution in [0, 0.1) is 6.92 Å². The predicted octanol–water partition coefficient (Wildman–Crippen LogP) is 3.41. The molecule has 0 aliphatic heterocycles. The van der Waals surface area contributed by atoms with E-state index >= 15 is 0 Å². The quantitative estimate of drug-likeness (QED) is 0.801. The van der Waals surface area contributed by atoms with Gasteiger partial charge in [0.1, 0.15) is 5.82 Å². The molecule has 3 rings (SSSR count). The van der Waals surface area contributed by atoms with Gasteiger partial charge in [-0.3, -0.25) is 4.79 Å². The maximum atomic E-state index is 11.7. The first-order valence-corrected chi connectivity index (χ1v) is 7.85. The van der Waals surface area contributed by atoms with Gasteiger partial charge in [0.2, 0.25) is 0 Å². The Hall–Kier alpha value is -2.95. The van der Waals surface area contributed by atoms with Crippen LogP contribution in [0.2, 0.25) is 0 Å². The average Bonchev–Trinajstić information content (AvgIpc) is 2.89. The van der Waals surface area contributed by atoms with Crippen molar-refractivity contribution in [2.24, 2.45) is 0 Å². The van der Waals surface area contributed by atoms with E-state index in [9.17, 15) is 4.79 Å². The lowest BCUT2D eigenvalue weighted by molar-refractivity contribution is 0.727. The molecule has 0 fully saturated rings. The predicted molar refractivity (Wildman–Crippen MR) is 95.7 cm³/mol. The van der Waals surface area contributed by atoms with Crippen LogP contribution in [0.4, 0.5) is 0 Å². The number of nitrogens with zero attached hydrogens (tertiary/aromatic N) is 3.